The van der Waals surface area contributed by atoms with Crippen molar-refractivity contribution >= 4 is 31.9 Å². The lowest BCUT2D eigenvalue weighted by atomic mass is 10.1. The molecule has 4 heteroatoms. The van der Waals surface area contributed by atoms with Crippen molar-refractivity contribution in [2.75, 3.05) is 0 Å². The molecule has 100 valence electrons. The molecule has 2 N–H and O–H groups in total. The summed E-state index contributed by atoms with van der Waals surface area (Å²) < 4.78 is 7.84. The van der Waals surface area contributed by atoms with E-state index < -0.39 is 0 Å². The Balaban J connectivity index is 2.24. The zero-order chi connectivity index (χ0) is 13.8. The maximum atomic E-state index is 6.03. The van der Waals surface area contributed by atoms with E-state index in [2.05, 4.69) is 44.0 Å². The molecule has 0 spiro atoms. The van der Waals surface area contributed by atoms with Crippen LogP contribution < -0.4 is 10.5 Å². The van der Waals surface area contributed by atoms with Crippen LogP contribution in [-0.2, 0) is 6.54 Å². The van der Waals surface area contributed by atoms with Crippen LogP contribution in [-0.4, -0.2) is 0 Å². The molecule has 0 amide bonds. The molecule has 0 fully saturated rings. The molecule has 1 atom stereocenters. The van der Waals surface area contributed by atoms with E-state index in [-0.39, 0.29) is 6.10 Å². The quantitative estimate of drug-likeness (QED) is 0.820. The summed E-state index contributed by atoms with van der Waals surface area (Å²) in [5, 5.41) is 0. The zero-order valence-corrected chi connectivity index (χ0v) is 13.7. The van der Waals surface area contributed by atoms with E-state index in [0.29, 0.717) is 6.54 Å². The topological polar surface area (TPSA) is 35.2 Å². The van der Waals surface area contributed by atoms with E-state index >= 15 is 0 Å². The molecule has 0 aliphatic heterocycles. The lowest BCUT2D eigenvalue weighted by molar-refractivity contribution is 0.224. The highest BCUT2D eigenvalue weighted by Crippen LogP contribution is 2.37. The van der Waals surface area contributed by atoms with E-state index in [1.54, 1.807) is 0 Å². The van der Waals surface area contributed by atoms with Crippen molar-refractivity contribution in [2.24, 2.45) is 5.73 Å². The highest BCUT2D eigenvalue weighted by Gasteiger charge is 2.13. The standard InChI is InChI=1S/C15H15Br2NO/c1-10(12-5-3-2-4-6-12)19-15-13(16)7-11(9-18)8-14(15)17/h2-8,10H,9,18H2,1H3. The first-order chi connectivity index (χ1) is 9.11. The van der Waals surface area contributed by atoms with Crippen LogP contribution in [0.5, 0.6) is 5.75 Å². The Hall–Kier alpha value is -0.840. The zero-order valence-electron chi connectivity index (χ0n) is 10.6. The molecule has 0 saturated carbocycles. The van der Waals surface area contributed by atoms with Gasteiger partial charge in [-0.05, 0) is 62.0 Å². The summed E-state index contributed by atoms with van der Waals surface area (Å²) in [6.07, 6.45) is -0.0162. The summed E-state index contributed by atoms with van der Waals surface area (Å²) in [6.45, 7) is 2.54. The molecule has 0 heterocycles. The summed E-state index contributed by atoms with van der Waals surface area (Å²) in [5.41, 5.74) is 7.84. The van der Waals surface area contributed by atoms with Crippen LogP contribution in [0, 0.1) is 0 Å². The fourth-order valence-corrected chi connectivity index (χ4v) is 3.28. The van der Waals surface area contributed by atoms with Crippen LogP contribution in [0.15, 0.2) is 51.4 Å². The fraction of sp³-hybridized carbons (Fsp3) is 0.200. The van der Waals surface area contributed by atoms with Crippen molar-refractivity contribution in [1.82, 2.24) is 0 Å². The second-order valence-corrected chi connectivity index (χ2v) is 5.97. The molecule has 0 bridgehead atoms. The Morgan fingerprint density at radius 2 is 1.68 bits per heavy atom. The molecule has 0 saturated heterocycles. The van der Waals surface area contributed by atoms with Crippen molar-refractivity contribution in [3.8, 4) is 5.75 Å². The van der Waals surface area contributed by atoms with Gasteiger partial charge in [-0.3, -0.25) is 0 Å². The van der Waals surface area contributed by atoms with Crippen LogP contribution in [0.3, 0.4) is 0 Å². The fourth-order valence-electron chi connectivity index (χ4n) is 1.81. The normalized spacial score (nSPS) is 12.2. The molecule has 2 aromatic rings. The SMILES string of the molecule is CC(Oc1c(Br)cc(CN)cc1Br)c1ccccc1. The van der Waals surface area contributed by atoms with Gasteiger partial charge in [0, 0.05) is 6.54 Å². The Morgan fingerprint density at radius 1 is 1.11 bits per heavy atom. The van der Waals surface area contributed by atoms with Gasteiger partial charge in [-0.25, -0.2) is 0 Å². The smallest absolute Gasteiger partial charge is 0.148 e. The van der Waals surface area contributed by atoms with E-state index in [0.717, 1.165) is 25.8 Å². The second-order valence-electron chi connectivity index (χ2n) is 4.26. The van der Waals surface area contributed by atoms with Gasteiger partial charge < -0.3 is 10.5 Å². The van der Waals surface area contributed by atoms with Gasteiger partial charge in [0.25, 0.3) is 0 Å². The summed E-state index contributed by atoms with van der Waals surface area (Å²) in [7, 11) is 0. The molecule has 2 rings (SSSR count). The Labute approximate surface area is 130 Å². The van der Waals surface area contributed by atoms with E-state index in [1.807, 2.05) is 37.3 Å². The van der Waals surface area contributed by atoms with Crippen molar-refractivity contribution in [3.63, 3.8) is 0 Å². The number of nitrogens with two attached hydrogens (primary N) is 1. The summed E-state index contributed by atoms with van der Waals surface area (Å²) in [4.78, 5) is 0. The van der Waals surface area contributed by atoms with Crippen LogP contribution in [0.1, 0.15) is 24.2 Å². The molecule has 0 aliphatic carbocycles. The molecule has 1 unspecified atom stereocenters. The molecule has 0 aromatic heterocycles. The lowest BCUT2D eigenvalue weighted by Gasteiger charge is -2.18. The minimum absolute atomic E-state index is 0.0162. The third-order valence-electron chi connectivity index (χ3n) is 2.86. The Kier molecular flexibility index (Phi) is 5.02. The molecule has 0 radical (unpaired) electrons. The molecule has 19 heavy (non-hydrogen) atoms. The highest BCUT2D eigenvalue weighted by atomic mass is 79.9. The van der Waals surface area contributed by atoms with Gasteiger partial charge in [0.15, 0.2) is 0 Å². The van der Waals surface area contributed by atoms with E-state index in [1.165, 1.54) is 0 Å². The molecular formula is C15H15Br2NO. The van der Waals surface area contributed by atoms with Gasteiger partial charge >= 0.3 is 0 Å². The minimum atomic E-state index is -0.0162. The number of ether oxygens (including phenoxy) is 1. The van der Waals surface area contributed by atoms with Gasteiger partial charge in [0.05, 0.1) is 8.95 Å². The highest BCUT2D eigenvalue weighted by molar-refractivity contribution is 9.11. The number of rotatable bonds is 4. The minimum Gasteiger partial charge on any atom is -0.484 e. The van der Waals surface area contributed by atoms with Crippen LogP contribution >= 0.6 is 31.9 Å². The van der Waals surface area contributed by atoms with Gasteiger partial charge in [0.1, 0.15) is 11.9 Å². The first kappa shape index (κ1) is 14.6. The monoisotopic (exact) mass is 383 g/mol. The second kappa shape index (κ2) is 6.55. The first-order valence-electron chi connectivity index (χ1n) is 6.01. The Morgan fingerprint density at radius 3 is 2.21 bits per heavy atom. The van der Waals surface area contributed by atoms with E-state index in [4.69, 9.17) is 10.5 Å². The molecular weight excluding hydrogens is 370 g/mol. The Bertz CT molecular complexity index is 534. The summed E-state index contributed by atoms with van der Waals surface area (Å²) >= 11 is 7.06. The largest absolute Gasteiger partial charge is 0.484 e. The lowest BCUT2D eigenvalue weighted by Crippen LogP contribution is -2.05. The number of halogens is 2. The summed E-state index contributed by atoms with van der Waals surface area (Å²) in [6, 6.07) is 14.1. The van der Waals surface area contributed by atoms with Crippen molar-refractivity contribution in [2.45, 2.75) is 19.6 Å². The predicted molar refractivity (Wildman–Crippen MR) is 85.2 cm³/mol. The molecule has 2 aromatic carbocycles. The third kappa shape index (κ3) is 3.59. The van der Waals surface area contributed by atoms with Gasteiger partial charge in [0.2, 0.25) is 0 Å². The number of benzene rings is 2. The van der Waals surface area contributed by atoms with Crippen LogP contribution in [0.2, 0.25) is 0 Å². The first-order valence-corrected chi connectivity index (χ1v) is 7.60. The molecule has 0 aliphatic rings. The number of hydrogen-bond acceptors (Lipinski definition) is 2. The van der Waals surface area contributed by atoms with E-state index in [9.17, 15) is 0 Å². The van der Waals surface area contributed by atoms with Gasteiger partial charge in [-0.2, -0.15) is 0 Å². The van der Waals surface area contributed by atoms with Crippen LogP contribution in [0.25, 0.3) is 0 Å². The third-order valence-corrected chi connectivity index (χ3v) is 4.04. The maximum Gasteiger partial charge on any atom is 0.148 e. The summed E-state index contributed by atoms with van der Waals surface area (Å²) in [5.74, 6) is 0.800. The van der Waals surface area contributed by atoms with Gasteiger partial charge in [-0.15, -0.1) is 0 Å². The van der Waals surface area contributed by atoms with Crippen molar-refractivity contribution in [3.05, 3.63) is 62.5 Å². The predicted octanol–water partition coefficient (Wildman–Crippen LogP) is 4.81. The van der Waals surface area contributed by atoms with Crippen molar-refractivity contribution < 1.29 is 4.74 Å². The average Bonchev–Trinajstić information content (AvgIpc) is 2.43. The van der Waals surface area contributed by atoms with Crippen molar-refractivity contribution in [1.29, 1.82) is 0 Å². The molecule has 2 nitrogen and oxygen atoms in total. The average molecular weight is 385 g/mol. The maximum absolute atomic E-state index is 6.03. The van der Waals surface area contributed by atoms with Crippen LogP contribution in [0.4, 0.5) is 0 Å². The van der Waals surface area contributed by atoms with Gasteiger partial charge in [-0.1, -0.05) is 30.3 Å². The number of hydrogen-bond donors (Lipinski definition) is 1.